The third-order valence-electron chi connectivity index (χ3n) is 6.34. The number of oxazole rings is 1. The van der Waals surface area contributed by atoms with E-state index in [0.29, 0.717) is 6.42 Å². The van der Waals surface area contributed by atoms with Crippen molar-refractivity contribution in [2.24, 2.45) is 0 Å². The Morgan fingerprint density at radius 3 is 1.97 bits per heavy atom. The number of aromatic nitrogens is 1. The highest BCUT2D eigenvalue weighted by atomic mass is 32.1. The van der Waals surface area contributed by atoms with Gasteiger partial charge in [-0.3, -0.25) is 19.2 Å². The van der Waals surface area contributed by atoms with Crippen molar-refractivity contribution >= 4 is 61.5 Å². The molecule has 1 heterocycles. The zero-order valence-electron chi connectivity index (χ0n) is 22.8. The predicted molar refractivity (Wildman–Crippen MR) is 160 cm³/mol. The van der Waals surface area contributed by atoms with E-state index in [-0.39, 0.29) is 46.9 Å². The average molecular weight is 596 g/mol. The summed E-state index contributed by atoms with van der Waals surface area (Å²) in [4.78, 5) is 55.9. The SMILES string of the molecule is CNC(=O)c1nc([C@](C)(CS)NC(=O)[C@](C)(CS)NC(=O)[C@](C)(CS)NC(=O)CCc2ccccc2)oc1C. The van der Waals surface area contributed by atoms with Crippen LogP contribution in [-0.4, -0.2) is 64.0 Å². The Labute approximate surface area is 245 Å². The summed E-state index contributed by atoms with van der Waals surface area (Å²) < 4.78 is 5.69. The standard InChI is InChI=1S/C26H37N5O5S3/c1-16-19(20(33)27-5)28-23(36-16)26(4,15-39)31-22(35)25(3,14-38)30-21(34)24(2,13-37)29-18(32)12-11-17-9-7-6-8-10-17/h6-10,37-39H,11-15H2,1-5H3,(H,27,33)(H,29,32)(H,30,34)(H,31,35)/t24-,25-,26-/m0/s1. The van der Waals surface area contributed by atoms with Gasteiger partial charge in [0.2, 0.25) is 23.6 Å². The molecule has 10 nitrogen and oxygen atoms in total. The molecule has 13 heteroatoms. The van der Waals surface area contributed by atoms with E-state index < -0.39 is 34.3 Å². The molecule has 4 amide bonds. The molecule has 4 N–H and O–H groups in total. The number of amides is 4. The van der Waals surface area contributed by atoms with Gasteiger partial charge in [0.15, 0.2) is 5.69 Å². The number of thiol groups is 3. The molecule has 1 aromatic heterocycles. The lowest BCUT2D eigenvalue weighted by Gasteiger charge is -2.36. The summed E-state index contributed by atoms with van der Waals surface area (Å²) >= 11 is 13.0. The Morgan fingerprint density at radius 2 is 1.44 bits per heavy atom. The van der Waals surface area contributed by atoms with Crippen molar-refractivity contribution in [2.45, 2.75) is 57.2 Å². The molecular weight excluding hydrogens is 559 g/mol. The lowest BCUT2D eigenvalue weighted by Crippen LogP contribution is -2.67. The van der Waals surface area contributed by atoms with Crippen LogP contribution in [0.5, 0.6) is 0 Å². The number of benzene rings is 1. The third-order valence-corrected chi connectivity index (χ3v) is 8.24. The summed E-state index contributed by atoms with van der Waals surface area (Å²) in [6.07, 6.45) is 0.691. The van der Waals surface area contributed by atoms with Crippen molar-refractivity contribution in [1.82, 2.24) is 26.3 Å². The summed E-state index contributed by atoms with van der Waals surface area (Å²) in [5, 5.41) is 10.8. The zero-order chi connectivity index (χ0) is 29.4. The van der Waals surface area contributed by atoms with E-state index in [1.54, 1.807) is 20.8 Å². The maximum atomic E-state index is 13.5. The van der Waals surface area contributed by atoms with Crippen molar-refractivity contribution in [3.05, 3.63) is 53.2 Å². The van der Waals surface area contributed by atoms with Crippen LogP contribution < -0.4 is 21.3 Å². The second-order valence-electron chi connectivity index (χ2n) is 9.92. The summed E-state index contributed by atoms with van der Waals surface area (Å²) in [6.45, 7) is 6.29. The number of nitrogens with one attached hydrogen (secondary N) is 4. The van der Waals surface area contributed by atoms with Gasteiger partial charge in [-0.1, -0.05) is 30.3 Å². The summed E-state index contributed by atoms with van der Waals surface area (Å²) in [6, 6.07) is 9.53. The van der Waals surface area contributed by atoms with E-state index >= 15 is 0 Å². The lowest BCUT2D eigenvalue weighted by molar-refractivity contribution is -0.137. The summed E-state index contributed by atoms with van der Waals surface area (Å²) in [5.41, 5.74) is -3.01. The molecule has 0 saturated carbocycles. The number of carbonyl (C=O) groups excluding carboxylic acids is 4. The molecule has 0 bridgehead atoms. The minimum Gasteiger partial charge on any atom is -0.443 e. The lowest BCUT2D eigenvalue weighted by atomic mass is 9.96. The molecule has 0 unspecified atom stereocenters. The Kier molecular flexibility index (Phi) is 11.4. The van der Waals surface area contributed by atoms with E-state index in [1.807, 2.05) is 30.3 Å². The van der Waals surface area contributed by atoms with Crippen molar-refractivity contribution in [3.8, 4) is 0 Å². The highest BCUT2D eigenvalue weighted by molar-refractivity contribution is 7.80. The van der Waals surface area contributed by atoms with Gasteiger partial charge in [0, 0.05) is 30.7 Å². The Hall–Kier alpha value is -2.64. The number of aryl methyl sites for hydroxylation is 2. The van der Waals surface area contributed by atoms with Gasteiger partial charge in [0.05, 0.1) is 0 Å². The quantitative estimate of drug-likeness (QED) is 0.176. The van der Waals surface area contributed by atoms with Crippen LogP contribution in [0.2, 0.25) is 0 Å². The molecule has 3 atom stereocenters. The Balaban J connectivity index is 2.17. The maximum Gasteiger partial charge on any atom is 0.273 e. The van der Waals surface area contributed by atoms with Gasteiger partial charge in [-0.05, 0) is 39.7 Å². The fourth-order valence-electron chi connectivity index (χ4n) is 3.51. The number of hydrogen-bond acceptors (Lipinski definition) is 9. The van der Waals surface area contributed by atoms with Crippen molar-refractivity contribution in [2.75, 3.05) is 24.3 Å². The third kappa shape index (κ3) is 7.95. The molecule has 0 aliphatic rings. The van der Waals surface area contributed by atoms with Gasteiger partial charge in [0.25, 0.3) is 5.91 Å². The van der Waals surface area contributed by atoms with Gasteiger partial charge in [-0.15, -0.1) is 0 Å². The first kappa shape index (κ1) is 32.6. The van der Waals surface area contributed by atoms with Crippen LogP contribution in [0.25, 0.3) is 0 Å². The van der Waals surface area contributed by atoms with Crippen LogP contribution in [0.1, 0.15) is 54.9 Å². The number of hydrogen-bond donors (Lipinski definition) is 7. The van der Waals surface area contributed by atoms with Crippen LogP contribution in [-0.2, 0) is 26.3 Å². The van der Waals surface area contributed by atoms with Crippen LogP contribution in [0.4, 0.5) is 0 Å². The number of rotatable bonds is 13. The van der Waals surface area contributed by atoms with E-state index in [1.165, 1.54) is 14.0 Å². The molecule has 0 saturated heterocycles. The fourth-order valence-corrected chi connectivity index (χ4v) is 4.17. The zero-order valence-corrected chi connectivity index (χ0v) is 25.4. The van der Waals surface area contributed by atoms with Gasteiger partial charge < -0.3 is 25.7 Å². The van der Waals surface area contributed by atoms with Crippen LogP contribution in [0.15, 0.2) is 34.7 Å². The van der Waals surface area contributed by atoms with Gasteiger partial charge in [-0.25, -0.2) is 4.98 Å². The molecule has 214 valence electrons. The molecule has 0 radical (unpaired) electrons. The topological polar surface area (TPSA) is 142 Å². The molecule has 2 rings (SSSR count). The first-order valence-corrected chi connectivity index (χ1v) is 14.2. The smallest absolute Gasteiger partial charge is 0.273 e. The van der Waals surface area contributed by atoms with Gasteiger partial charge in [-0.2, -0.15) is 37.9 Å². The van der Waals surface area contributed by atoms with Crippen LogP contribution >= 0.6 is 37.9 Å². The largest absolute Gasteiger partial charge is 0.443 e. The maximum absolute atomic E-state index is 13.5. The first-order chi connectivity index (χ1) is 18.3. The van der Waals surface area contributed by atoms with Gasteiger partial charge >= 0.3 is 0 Å². The van der Waals surface area contributed by atoms with E-state index in [9.17, 15) is 19.2 Å². The highest BCUT2D eigenvalue weighted by Crippen LogP contribution is 2.26. The molecule has 0 spiro atoms. The van der Waals surface area contributed by atoms with Crippen molar-refractivity contribution in [1.29, 1.82) is 0 Å². The fraction of sp³-hybridized carbons (Fsp3) is 0.500. The summed E-state index contributed by atoms with van der Waals surface area (Å²) in [5.74, 6) is -1.57. The van der Waals surface area contributed by atoms with Crippen LogP contribution in [0.3, 0.4) is 0 Å². The number of nitrogens with zero attached hydrogens (tertiary/aromatic N) is 1. The van der Waals surface area contributed by atoms with Crippen molar-refractivity contribution in [3.63, 3.8) is 0 Å². The van der Waals surface area contributed by atoms with Crippen LogP contribution in [0, 0.1) is 6.92 Å². The molecule has 0 aliphatic heterocycles. The van der Waals surface area contributed by atoms with E-state index in [4.69, 9.17) is 4.42 Å². The average Bonchev–Trinajstić information content (AvgIpc) is 3.33. The normalized spacial score (nSPS) is 15.7. The van der Waals surface area contributed by atoms with E-state index in [2.05, 4.69) is 64.1 Å². The van der Waals surface area contributed by atoms with Gasteiger partial charge in [0.1, 0.15) is 22.4 Å². The molecule has 1 aromatic carbocycles. The second-order valence-corrected chi connectivity index (χ2v) is 10.9. The first-order valence-electron chi connectivity index (χ1n) is 12.3. The Bertz CT molecular complexity index is 1190. The molecule has 39 heavy (non-hydrogen) atoms. The number of carbonyl (C=O) groups is 4. The molecule has 2 aromatic rings. The molecule has 0 fully saturated rings. The molecule has 0 aliphatic carbocycles. The molecular formula is C26H37N5O5S3. The minimum atomic E-state index is -1.49. The highest BCUT2D eigenvalue weighted by Gasteiger charge is 2.44. The minimum absolute atomic E-state index is 0.00754. The summed E-state index contributed by atoms with van der Waals surface area (Å²) in [7, 11) is 1.47. The predicted octanol–water partition coefficient (Wildman–Crippen LogP) is 1.85. The second kappa shape index (κ2) is 13.6. The Morgan fingerprint density at radius 1 is 0.872 bits per heavy atom. The van der Waals surface area contributed by atoms with E-state index in [0.717, 1.165) is 5.56 Å². The monoisotopic (exact) mass is 595 g/mol. The van der Waals surface area contributed by atoms with Crippen molar-refractivity contribution < 1.29 is 23.6 Å².